The van der Waals surface area contributed by atoms with Gasteiger partial charge in [0.15, 0.2) is 0 Å². The molecule has 0 bridgehead atoms. The average Bonchev–Trinajstić information content (AvgIpc) is 4.08. The molecule has 2 aliphatic rings. The molecule has 7 rings (SSSR count). The van der Waals surface area contributed by atoms with Gasteiger partial charge in [-0.2, -0.15) is 19.0 Å². The third kappa shape index (κ3) is 11.5. The molecule has 0 saturated carbocycles. The molecule has 2 fully saturated rings. The van der Waals surface area contributed by atoms with Crippen LogP contribution in [0.25, 0.3) is 22.6 Å². The van der Waals surface area contributed by atoms with Crippen LogP contribution in [-0.2, 0) is 32.7 Å². The van der Waals surface area contributed by atoms with Gasteiger partial charge in [-0.15, -0.1) is 0 Å². The largest absolute Gasteiger partial charge is 0.494 e. The molecule has 20 heteroatoms. The number of hydrogen-bond acceptors (Lipinski definition) is 12. The highest BCUT2D eigenvalue weighted by Crippen LogP contribution is 2.35. The van der Waals surface area contributed by atoms with Crippen LogP contribution < -0.4 is 30.3 Å². The van der Waals surface area contributed by atoms with Gasteiger partial charge in [0, 0.05) is 74.4 Å². The first-order chi connectivity index (χ1) is 32.0. The fourth-order valence-electron chi connectivity index (χ4n) is 8.46. The van der Waals surface area contributed by atoms with Gasteiger partial charge in [-0.05, 0) is 67.6 Å². The van der Waals surface area contributed by atoms with Gasteiger partial charge in [0.1, 0.15) is 35.9 Å². The number of halogens is 2. The molecule has 67 heavy (non-hydrogen) atoms. The summed E-state index contributed by atoms with van der Waals surface area (Å²) in [6, 6.07) is 16.7. The number of anilines is 2. The summed E-state index contributed by atoms with van der Waals surface area (Å²) in [6.45, 7) is 4.23. The van der Waals surface area contributed by atoms with E-state index in [2.05, 4.69) is 48.1 Å². The minimum Gasteiger partial charge on any atom is -0.494 e. The van der Waals surface area contributed by atoms with E-state index < -0.39 is 53.8 Å². The lowest BCUT2D eigenvalue weighted by molar-refractivity contribution is -0.145. The van der Waals surface area contributed by atoms with Crippen molar-refractivity contribution in [3.63, 3.8) is 0 Å². The van der Waals surface area contributed by atoms with E-state index in [1.807, 2.05) is 12.1 Å². The SMILES string of the molecule is COc1cc(N2CC[C@H](OCC(=O)N[C@H](C(=O)N3C[C@H](O)C[C@H]3C(=O)NCc3ccc(-c4ccnn4C)cc3OC(F)F)C(C)(C)C)C[C@@H]2C)ccc1NC(=O)c1cccc(-c2ccn[nH]2)n1. The maximum atomic E-state index is 14.2. The molecule has 5 N–H and O–H groups in total. The van der Waals surface area contributed by atoms with Crippen LogP contribution >= 0.6 is 0 Å². The lowest BCUT2D eigenvalue weighted by Crippen LogP contribution is -2.58. The number of benzene rings is 2. The minimum absolute atomic E-state index is 0.00410. The monoisotopic (exact) mass is 926 g/mol. The summed E-state index contributed by atoms with van der Waals surface area (Å²) in [5, 5.41) is 30.0. The maximum absolute atomic E-state index is 14.2. The second kappa shape index (κ2) is 20.7. The number of β-amino-alcohol motifs (C(OH)–C–C–N with tert-alkyl or cyclic N) is 1. The smallest absolute Gasteiger partial charge is 0.387 e. The zero-order valence-electron chi connectivity index (χ0n) is 38.2. The van der Waals surface area contributed by atoms with E-state index in [4.69, 9.17) is 14.2 Å². The molecule has 5 aromatic rings. The van der Waals surface area contributed by atoms with Crippen molar-refractivity contribution in [3.8, 4) is 34.1 Å². The number of piperidine rings is 1. The molecule has 18 nitrogen and oxygen atoms in total. The summed E-state index contributed by atoms with van der Waals surface area (Å²) in [5.74, 6) is -1.75. The molecule has 0 unspecified atom stereocenters. The van der Waals surface area contributed by atoms with Crippen molar-refractivity contribution >= 4 is 35.0 Å². The number of aromatic amines is 1. The Hall–Kier alpha value is -6.93. The van der Waals surface area contributed by atoms with Crippen LogP contribution in [0.5, 0.6) is 11.5 Å². The molecular formula is C47H56F2N10O8. The number of amides is 4. The number of methoxy groups -OCH3 is 1. The Labute approximate surface area is 386 Å². The van der Waals surface area contributed by atoms with E-state index in [0.717, 1.165) is 5.69 Å². The number of ether oxygens (including phenoxy) is 3. The first-order valence-electron chi connectivity index (χ1n) is 21.9. The Morgan fingerprint density at radius 1 is 1.00 bits per heavy atom. The van der Waals surface area contributed by atoms with Crippen LogP contribution in [0.15, 0.2) is 79.1 Å². The molecule has 0 radical (unpaired) electrons. The van der Waals surface area contributed by atoms with Crippen molar-refractivity contribution in [2.75, 3.05) is 37.0 Å². The number of carbonyl (C=O) groups is 4. The third-order valence-electron chi connectivity index (χ3n) is 11.9. The summed E-state index contributed by atoms with van der Waals surface area (Å²) in [7, 11) is 3.24. The molecule has 0 aliphatic carbocycles. The van der Waals surface area contributed by atoms with E-state index in [0.29, 0.717) is 53.5 Å². The van der Waals surface area contributed by atoms with E-state index in [9.17, 15) is 33.1 Å². The van der Waals surface area contributed by atoms with Gasteiger partial charge in [0.2, 0.25) is 17.7 Å². The topological polar surface area (TPSA) is 218 Å². The van der Waals surface area contributed by atoms with Gasteiger partial charge in [-0.3, -0.25) is 29.0 Å². The van der Waals surface area contributed by atoms with Crippen LogP contribution in [0, 0.1) is 5.41 Å². The second-order valence-electron chi connectivity index (χ2n) is 17.7. The predicted octanol–water partition coefficient (Wildman–Crippen LogP) is 4.92. The van der Waals surface area contributed by atoms with Gasteiger partial charge in [0.25, 0.3) is 5.91 Å². The number of carbonyl (C=O) groups excluding carboxylic acids is 4. The number of aryl methyl sites for hydroxylation is 1. The molecule has 5 heterocycles. The number of aliphatic hydroxyl groups excluding tert-OH is 1. The summed E-state index contributed by atoms with van der Waals surface area (Å²) < 4.78 is 45.1. The number of rotatable bonds is 16. The molecular weight excluding hydrogens is 871 g/mol. The standard InChI is InChI=1S/C47H56F2N10O8/c1-27-20-32(16-19-58(27)30-12-13-35(40(22-30)65-6)54-43(62)36-9-7-8-33(53-36)34-14-17-51-56-34)66-26-41(61)55-42(47(2,3)4)45(64)59-25-31(60)23-38(59)44(63)50-24-29-11-10-28(21-39(29)67-46(48)49)37-15-18-52-57(37)5/h7-15,17-18,21-22,27,31-32,38,42,46,60H,16,19-20,23-26H2,1-6H3,(H,50,63)(H,51,56)(H,54,62)(H,55,61)/t27-,31+,32-,38-,42+/m0/s1. The normalized spacial score (nSPS) is 19.0. The van der Waals surface area contributed by atoms with Crippen molar-refractivity contribution in [2.24, 2.45) is 12.5 Å². The predicted molar refractivity (Wildman–Crippen MR) is 243 cm³/mol. The first-order valence-corrected chi connectivity index (χ1v) is 21.9. The third-order valence-corrected chi connectivity index (χ3v) is 11.9. The van der Waals surface area contributed by atoms with Gasteiger partial charge in [-0.1, -0.05) is 39.0 Å². The van der Waals surface area contributed by atoms with E-state index in [1.165, 1.54) is 18.1 Å². The average molecular weight is 927 g/mol. The number of hydrogen-bond donors (Lipinski definition) is 5. The number of likely N-dealkylation sites (tertiary alicyclic amines) is 1. The summed E-state index contributed by atoms with van der Waals surface area (Å²) >= 11 is 0. The van der Waals surface area contributed by atoms with Crippen LogP contribution in [0.1, 0.15) is 63.0 Å². The Kier molecular flexibility index (Phi) is 14.8. The Bertz CT molecular complexity index is 2550. The van der Waals surface area contributed by atoms with Gasteiger partial charge in [-0.25, -0.2) is 4.98 Å². The van der Waals surface area contributed by atoms with Crippen molar-refractivity contribution in [1.29, 1.82) is 0 Å². The quantitative estimate of drug-likeness (QED) is 0.0892. The van der Waals surface area contributed by atoms with E-state index in [-0.39, 0.29) is 55.3 Å². The molecule has 2 aromatic carbocycles. The molecule has 0 spiro atoms. The summed E-state index contributed by atoms with van der Waals surface area (Å²) in [6.07, 6.45) is 3.06. The van der Waals surface area contributed by atoms with Crippen molar-refractivity contribution in [3.05, 3.63) is 90.4 Å². The van der Waals surface area contributed by atoms with Crippen LogP contribution in [0.2, 0.25) is 0 Å². The zero-order valence-corrected chi connectivity index (χ0v) is 38.2. The second-order valence-corrected chi connectivity index (χ2v) is 17.7. The fourth-order valence-corrected chi connectivity index (χ4v) is 8.46. The first kappa shape index (κ1) is 48.0. The lowest BCUT2D eigenvalue weighted by Gasteiger charge is -2.39. The number of alkyl halides is 2. The zero-order chi connectivity index (χ0) is 48.0. The summed E-state index contributed by atoms with van der Waals surface area (Å²) in [4.78, 5) is 62.4. The van der Waals surface area contributed by atoms with Crippen LogP contribution in [0.4, 0.5) is 20.2 Å². The van der Waals surface area contributed by atoms with Crippen molar-refractivity contribution < 1.29 is 47.3 Å². The highest BCUT2D eigenvalue weighted by Gasteiger charge is 2.44. The van der Waals surface area contributed by atoms with E-state index >= 15 is 0 Å². The van der Waals surface area contributed by atoms with E-state index in [1.54, 1.807) is 93.4 Å². The van der Waals surface area contributed by atoms with Crippen LogP contribution in [0.3, 0.4) is 0 Å². The lowest BCUT2D eigenvalue weighted by atomic mass is 9.85. The van der Waals surface area contributed by atoms with Crippen molar-refractivity contribution in [1.82, 2.24) is 40.5 Å². The molecule has 3 aromatic heterocycles. The highest BCUT2D eigenvalue weighted by molar-refractivity contribution is 6.04. The fraction of sp³-hybridized carbons (Fsp3) is 0.426. The number of aliphatic hydroxyl groups is 1. The highest BCUT2D eigenvalue weighted by atomic mass is 19.3. The summed E-state index contributed by atoms with van der Waals surface area (Å²) in [5.41, 5.74) is 3.57. The molecule has 4 amide bonds. The number of nitrogens with zero attached hydrogens (tertiary/aromatic N) is 6. The minimum atomic E-state index is -3.12. The van der Waals surface area contributed by atoms with Gasteiger partial charge in [0.05, 0.1) is 42.1 Å². The Balaban J connectivity index is 0.923. The van der Waals surface area contributed by atoms with Crippen molar-refractivity contribution in [2.45, 2.75) is 90.4 Å². The molecule has 2 aliphatic heterocycles. The molecule has 356 valence electrons. The maximum Gasteiger partial charge on any atom is 0.387 e. The Morgan fingerprint density at radius 3 is 2.49 bits per heavy atom. The number of aromatic nitrogens is 5. The number of H-pyrrole nitrogens is 1. The number of nitrogens with one attached hydrogen (secondary N) is 4. The van der Waals surface area contributed by atoms with Gasteiger partial charge < -0.3 is 45.1 Å². The number of pyridine rings is 1. The van der Waals surface area contributed by atoms with Crippen LogP contribution in [-0.4, -0.2) is 122 Å². The Morgan fingerprint density at radius 2 is 1.81 bits per heavy atom. The molecule has 5 atom stereocenters. The van der Waals surface area contributed by atoms with Gasteiger partial charge >= 0.3 is 6.61 Å². The molecule has 2 saturated heterocycles.